The lowest BCUT2D eigenvalue weighted by Gasteiger charge is -2.08. The monoisotopic (exact) mass is 346 g/mol. The fraction of sp³-hybridized carbons (Fsp3) is 0.385. The average molecular weight is 347 g/mol. The lowest BCUT2D eigenvalue weighted by Crippen LogP contribution is -2.31. The van der Waals surface area contributed by atoms with Crippen molar-refractivity contribution in [1.82, 2.24) is 14.7 Å². The lowest BCUT2D eigenvalue weighted by atomic mass is 10.2. The van der Waals surface area contributed by atoms with Crippen LogP contribution in [0.15, 0.2) is 29.6 Å². The van der Waals surface area contributed by atoms with Crippen LogP contribution in [0.1, 0.15) is 17.4 Å². The van der Waals surface area contributed by atoms with E-state index in [0.29, 0.717) is 18.6 Å². The Bertz CT molecular complexity index is 773. The summed E-state index contributed by atoms with van der Waals surface area (Å²) in [7, 11) is -3.53. The van der Waals surface area contributed by atoms with Gasteiger partial charge in [0.05, 0.1) is 5.52 Å². The van der Waals surface area contributed by atoms with Crippen molar-refractivity contribution in [2.24, 2.45) is 11.7 Å². The van der Waals surface area contributed by atoms with E-state index in [-0.39, 0.29) is 29.2 Å². The first-order chi connectivity index (χ1) is 9.84. The molecule has 9 heteroatoms. The largest absolute Gasteiger partial charge is 0.350 e. The number of nitrogens with one attached hydrogen (secondary N) is 1. The van der Waals surface area contributed by atoms with Gasteiger partial charge in [-0.05, 0) is 24.6 Å². The van der Waals surface area contributed by atoms with Gasteiger partial charge in [-0.3, -0.25) is 9.20 Å². The van der Waals surface area contributed by atoms with E-state index in [4.69, 9.17) is 5.73 Å². The predicted molar refractivity (Wildman–Crippen MR) is 86.1 cm³/mol. The highest BCUT2D eigenvalue weighted by atomic mass is 35.5. The number of rotatable bonds is 5. The van der Waals surface area contributed by atoms with Crippen LogP contribution in [0.2, 0.25) is 0 Å². The molecule has 122 valence electrons. The van der Waals surface area contributed by atoms with Gasteiger partial charge in [-0.15, -0.1) is 12.4 Å². The van der Waals surface area contributed by atoms with Crippen LogP contribution in [0.5, 0.6) is 0 Å². The van der Waals surface area contributed by atoms with Gasteiger partial charge in [0, 0.05) is 19.0 Å². The van der Waals surface area contributed by atoms with Gasteiger partial charge >= 0.3 is 0 Å². The number of nitrogens with two attached hydrogens (primary N) is 1. The molecule has 0 radical (unpaired) electrons. The molecular formula is C13H19ClN4O3S. The van der Waals surface area contributed by atoms with Crippen molar-refractivity contribution < 1.29 is 13.2 Å². The first-order valence-corrected chi connectivity index (χ1v) is 8.39. The van der Waals surface area contributed by atoms with Crippen molar-refractivity contribution in [3.8, 4) is 0 Å². The molecule has 2 aromatic rings. The summed E-state index contributed by atoms with van der Waals surface area (Å²) in [6, 6.07) is 5.06. The fourth-order valence-corrected chi connectivity index (χ4v) is 2.65. The first kappa shape index (κ1) is 18.4. The van der Waals surface area contributed by atoms with E-state index in [1.165, 1.54) is 4.40 Å². The topological polar surface area (TPSA) is 107 Å². The molecule has 1 atom stereocenters. The number of hydrogen-bond acceptors (Lipinski definition) is 5. The van der Waals surface area contributed by atoms with Gasteiger partial charge < -0.3 is 11.1 Å². The highest BCUT2D eigenvalue weighted by Crippen LogP contribution is 2.16. The Kier molecular flexibility index (Phi) is 5.92. The second-order valence-corrected chi connectivity index (χ2v) is 6.93. The van der Waals surface area contributed by atoms with Gasteiger partial charge in [-0.2, -0.15) is 0 Å². The van der Waals surface area contributed by atoms with E-state index >= 15 is 0 Å². The minimum absolute atomic E-state index is 0. The van der Waals surface area contributed by atoms with E-state index in [0.717, 1.165) is 6.26 Å². The minimum atomic E-state index is -3.53. The zero-order valence-electron chi connectivity index (χ0n) is 12.3. The Balaban J connectivity index is 0.00000242. The van der Waals surface area contributed by atoms with E-state index in [2.05, 4.69) is 10.3 Å². The molecular weight excluding hydrogens is 328 g/mol. The Morgan fingerprint density at radius 3 is 2.73 bits per heavy atom. The molecule has 1 unspecified atom stereocenters. The van der Waals surface area contributed by atoms with Crippen molar-refractivity contribution >= 4 is 33.7 Å². The maximum absolute atomic E-state index is 12.2. The number of carbonyl (C=O) groups is 1. The van der Waals surface area contributed by atoms with Crippen LogP contribution < -0.4 is 11.1 Å². The zero-order valence-corrected chi connectivity index (χ0v) is 13.9. The van der Waals surface area contributed by atoms with Gasteiger partial charge in [0.15, 0.2) is 5.69 Å². The van der Waals surface area contributed by atoms with Gasteiger partial charge in [-0.1, -0.05) is 13.0 Å². The first-order valence-electron chi connectivity index (χ1n) is 6.50. The summed E-state index contributed by atoms with van der Waals surface area (Å²) in [5.41, 5.74) is 6.05. The number of sulfone groups is 1. The summed E-state index contributed by atoms with van der Waals surface area (Å²) < 4.78 is 24.9. The molecule has 0 saturated carbocycles. The van der Waals surface area contributed by atoms with Crippen LogP contribution in [-0.2, 0) is 9.84 Å². The standard InChI is InChI=1S/C13H18N4O3S.ClH/c1-9(7-14)8-15-12(18)11-10-5-3-4-6-17(10)13(16-11)21(2,19)20;/h3-6,9H,7-8,14H2,1-2H3,(H,15,18);1H. The smallest absolute Gasteiger partial charge is 0.272 e. The Hall–Kier alpha value is -1.64. The van der Waals surface area contributed by atoms with Crippen LogP contribution in [0.25, 0.3) is 5.52 Å². The molecule has 0 bridgehead atoms. The predicted octanol–water partition coefficient (Wildman–Crippen LogP) is 0.484. The number of fused-ring (bicyclic) bond motifs is 1. The van der Waals surface area contributed by atoms with E-state index < -0.39 is 15.7 Å². The highest BCUT2D eigenvalue weighted by molar-refractivity contribution is 7.90. The summed E-state index contributed by atoms with van der Waals surface area (Å²) in [6.07, 6.45) is 2.63. The van der Waals surface area contributed by atoms with Gasteiger partial charge in [0.25, 0.3) is 5.91 Å². The van der Waals surface area contributed by atoms with Gasteiger partial charge in [0.2, 0.25) is 15.0 Å². The maximum Gasteiger partial charge on any atom is 0.272 e. The van der Waals surface area contributed by atoms with E-state index in [9.17, 15) is 13.2 Å². The molecule has 7 nitrogen and oxygen atoms in total. The van der Waals surface area contributed by atoms with Crippen LogP contribution >= 0.6 is 12.4 Å². The number of pyridine rings is 1. The maximum atomic E-state index is 12.2. The molecule has 0 aliphatic rings. The summed E-state index contributed by atoms with van der Waals surface area (Å²) in [4.78, 5) is 16.2. The molecule has 1 amide bonds. The van der Waals surface area contributed by atoms with Crippen molar-refractivity contribution in [2.45, 2.75) is 12.1 Å². The number of nitrogens with zero attached hydrogens (tertiary/aromatic N) is 2. The molecule has 0 saturated heterocycles. The van der Waals surface area contributed by atoms with Crippen LogP contribution in [0, 0.1) is 5.92 Å². The molecule has 3 N–H and O–H groups in total. The second kappa shape index (κ2) is 7.08. The highest BCUT2D eigenvalue weighted by Gasteiger charge is 2.22. The van der Waals surface area contributed by atoms with Crippen molar-refractivity contribution in [1.29, 1.82) is 0 Å². The average Bonchev–Trinajstić information content (AvgIpc) is 2.84. The third-order valence-corrected chi connectivity index (χ3v) is 4.03. The Morgan fingerprint density at radius 2 is 2.14 bits per heavy atom. The fourth-order valence-electron chi connectivity index (χ4n) is 1.87. The molecule has 2 aromatic heterocycles. The number of halogens is 1. The van der Waals surface area contributed by atoms with Crippen molar-refractivity contribution in [3.63, 3.8) is 0 Å². The van der Waals surface area contributed by atoms with Crippen LogP contribution in [-0.4, -0.2) is 43.1 Å². The number of imidazole rings is 1. The summed E-state index contributed by atoms with van der Waals surface area (Å²) in [6.45, 7) is 2.78. The van der Waals surface area contributed by atoms with E-state index in [1.807, 2.05) is 6.92 Å². The number of hydrogen-bond donors (Lipinski definition) is 2. The molecule has 2 heterocycles. The van der Waals surface area contributed by atoms with Gasteiger partial charge in [-0.25, -0.2) is 13.4 Å². The number of carbonyl (C=O) groups excluding carboxylic acids is 1. The SMILES string of the molecule is CC(CN)CNC(=O)c1nc(S(C)(=O)=O)n2ccccc12.Cl. The Labute approximate surface area is 135 Å². The van der Waals surface area contributed by atoms with Crippen LogP contribution in [0.3, 0.4) is 0 Å². The molecule has 0 fully saturated rings. The summed E-state index contributed by atoms with van der Waals surface area (Å²) in [5.74, 6) is -0.272. The Morgan fingerprint density at radius 1 is 1.45 bits per heavy atom. The zero-order chi connectivity index (χ0) is 15.6. The normalized spacial score (nSPS) is 12.7. The summed E-state index contributed by atoms with van der Waals surface area (Å²) in [5, 5.41) is 2.57. The molecule has 0 aliphatic carbocycles. The van der Waals surface area contributed by atoms with Gasteiger partial charge in [0.1, 0.15) is 0 Å². The number of amides is 1. The third kappa shape index (κ3) is 3.76. The second-order valence-electron chi connectivity index (χ2n) is 5.02. The molecule has 2 rings (SSSR count). The molecule has 0 aromatic carbocycles. The summed E-state index contributed by atoms with van der Waals surface area (Å²) >= 11 is 0. The quantitative estimate of drug-likeness (QED) is 0.819. The lowest BCUT2D eigenvalue weighted by molar-refractivity contribution is 0.0945. The van der Waals surface area contributed by atoms with Crippen molar-refractivity contribution in [3.05, 3.63) is 30.1 Å². The third-order valence-electron chi connectivity index (χ3n) is 3.08. The van der Waals surface area contributed by atoms with Crippen molar-refractivity contribution in [2.75, 3.05) is 19.3 Å². The van der Waals surface area contributed by atoms with Crippen LogP contribution in [0.4, 0.5) is 0 Å². The molecule has 0 spiro atoms. The molecule has 0 aliphatic heterocycles. The number of aromatic nitrogens is 2. The molecule has 22 heavy (non-hydrogen) atoms. The minimum Gasteiger partial charge on any atom is -0.350 e. The van der Waals surface area contributed by atoms with E-state index in [1.54, 1.807) is 24.4 Å².